The molecule has 0 heterocycles. The van der Waals surface area contributed by atoms with Gasteiger partial charge in [-0.2, -0.15) is 0 Å². The fourth-order valence-electron chi connectivity index (χ4n) is 0.961. The van der Waals surface area contributed by atoms with Crippen LogP contribution in [0.15, 0.2) is 11.6 Å². The number of aliphatic hydroxyl groups is 1. The molecule has 0 saturated heterocycles. The molecule has 0 bridgehead atoms. The zero-order valence-electron chi connectivity index (χ0n) is 7.51. The van der Waals surface area contributed by atoms with E-state index in [-0.39, 0.29) is 6.61 Å². The van der Waals surface area contributed by atoms with Crippen LogP contribution in [0.3, 0.4) is 0 Å². The van der Waals surface area contributed by atoms with Gasteiger partial charge in [0.15, 0.2) is 0 Å². The van der Waals surface area contributed by atoms with Gasteiger partial charge in [0.05, 0.1) is 6.61 Å². The average Bonchev–Trinajstić information content (AvgIpc) is 1.87. The lowest BCUT2D eigenvalue weighted by Gasteiger charge is -2.03. The summed E-state index contributed by atoms with van der Waals surface area (Å²) in [5, 5.41) is 8.54. The second kappa shape index (κ2) is 6.41. The topological polar surface area (TPSA) is 20.2 Å². The summed E-state index contributed by atoms with van der Waals surface area (Å²) in [6.45, 7) is 9.80. The molecule has 64 valence electrons. The molecule has 0 aliphatic carbocycles. The largest absolute Gasteiger partial charge is 0.392 e. The van der Waals surface area contributed by atoms with Crippen molar-refractivity contribution in [3.05, 3.63) is 18.6 Å². The molecule has 0 aliphatic heterocycles. The standard InChI is InChI=1S/C10H18O/c1-9(2)5-4-6-10(3)7-8-11/h1,7,9,11H,4-6,8H2,2-3H3/b10-7+. The molecular weight excluding hydrogens is 136 g/mol. The van der Waals surface area contributed by atoms with Gasteiger partial charge in [-0.15, -0.1) is 0 Å². The highest BCUT2D eigenvalue weighted by Crippen LogP contribution is 2.10. The molecule has 1 atom stereocenters. The van der Waals surface area contributed by atoms with Crippen LogP contribution in [-0.2, 0) is 0 Å². The summed E-state index contributed by atoms with van der Waals surface area (Å²) in [4.78, 5) is 0. The minimum absolute atomic E-state index is 0.157. The monoisotopic (exact) mass is 154 g/mol. The molecule has 0 amide bonds. The molecule has 0 aliphatic rings. The Kier molecular flexibility index (Phi) is 6.24. The molecule has 0 aromatic heterocycles. The zero-order valence-corrected chi connectivity index (χ0v) is 7.51. The minimum Gasteiger partial charge on any atom is -0.392 e. The quantitative estimate of drug-likeness (QED) is 0.603. The van der Waals surface area contributed by atoms with E-state index in [2.05, 4.69) is 0 Å². The fourth-order valence-corrected chi connectivity index (χ4v) is 0.961. The Morgan fingerprint density at radius 2 is 2.27 bits per heavy atom. The maximum absolute atomic E-state index is 8.54. The molecule has 0 rings (SSSR count). The molecule has 0 saturated carbocycles. The van der Waals surface area contributed by atoms with Crippen molar-refractivity contribution < 1.29 is 5.11 Å². The van der Waals surface area contributed by atoms with Crippen molar-refractivity contribution in [3.8, 4) is 0 Å². The molecule has 1 unspecified atom stereocenters. The summed E-state index contributed by atoms with van der Waals surface area (Å²) in [5.74, 6) is 0.303. The Morgan fingerprint density at radius 3 is 2.73 bits per heavy atom. The highest BCUT2D eigenvalue weighted by atomic mass is 16.2. The van der Waals surface area contributed by atoms with Gasteiger partial charge >= 0.3 is 0 Å². The lowest BCUT2D eigenvalue weighted by Crippen LogP contribution is -1.88. The van der Waals surface area contributed by atoms with Gasteiger partial charge in [0.2, 0.25) is 0 Å². The summed E-state index contributed by atoms with van der Waals surface area (Å²) >= 11 is 0. The Labute approximate surface area is 70.1 Å². The van der Waals surface area contributed by atoms with Crippen LogP contribution < -0.4 is 0 Å². The van der Waals surface area contributed by atoms with E-state index in [4.69, 9.17) is 12.0 Å². The van der Waals surface area contributed by atoms with Crippen molar-refractivity contribution in [2.75, 3.05) is 6.61 Å². The first-order valence-electron chi connectivity index (χ1n) is 4.19. The minimum atomic E-state index is 0.157. The lowest BCUT2D eigenvalue weighted by molar-refractivity contribution is 0.341. The first kappa shape index (κ1) is 10.7. The summed E-state index contributed by atoms with van der Waals surface area (Å²) in [7, 11) is 0. The van der Waals surface area contributed by atoms with Crippen molar-refractivity contribution >= 4 is 0 Å². The van der Waals surface area contributed by atoms with Gasteiger partial charge in [-0.25, -0.2) is 0 Å². The smallest absolute Gasteiger partial charge is 0.0614 e. The Hall–Kier alpha value is -0.300. The number of hydrogen-bond acceptors (Lipinski definition) is 1. The van der Waals surface area contributed by atoms with Crippen molar-refractivity contribution in [2.45, 2.75) is 33.1 Å². The Morgan fingerprint density at radius 1 is 1.64 bits per heavy atom. The van der Waals surface area contributed by atoms with Crippen LogP contribution in [0.25, 0.3) is 0 Å². The summed E-state index contributed by atoms with van der Waals surface area (Å²) in [6, 6.07) is 0. The van der Waals surface area contributed by atoms with Crippen LogP contribution in [0, 0.1) is 12.8 Å². The van der Waals surface area contributed by atoms with E-state index in [1.807, 2.05) is 19.9 Å². The van der Waals surface area contributed by atoms with E-state index in [9.17, 15) is 0 Å². The van der Waals surface area contributed by atoms with Crippen LogP contribution in [0.2, 0.25) is 0 Å². The number of rotatable bonds is 5. The van der Waals surface area contributed by atoms with Crippen LogP contribution in [0.4, 0.5) is 0 Å². The lowest BCUT2D eigenvalue weighted by atomic mass is 10.0. The van der Waals surface area contributed by atoms with E-state index in [0.717, 1.165) is 19.3 Å². The van der Waals surface area contributed by atoms with Gasteiger partial charge < -0.3 is 5.11 Å². The molecule has 1 nitrogen and oxygen atoms in total. The van der Waals surface area contributed by atoms with Crippen LogP contribution in [0.5, 0.6) is 0 Å². The summed E-state index contributed by atoms with van der Waals surface area (Å²) in [5.41, 5.74) is 1.26. The molecule has 11 heavy (non-hydrogen) atoms. The third kappa shape index (κ3) is 7.60. The molecule has 0 aromatic carbocycles. The van der Waals surface area contributed by atoms with Gasteiger partial charge in [0.1, 0.15) is 0 Å². The fraction of sp³-hybridized carbons (Fsp3) is 0.700. The molecule has 1 N–H and O–H groups in total. The molecular formula is C10H18O. The normalized spacial score (nSPS) is 12.6. The third-order valence-corrected chi connectivity index (χ3v) is 1.67. The first-order valence-corrected chi connectivity index (χ1v) is 4.19. The van der Waals surface area contributed by atoms with Crippen molar-refractivity contribution in [1.29, 1.82) is 0 Å². The van der Waals surface area contributed by atoms with E-state index < -0.39 is 0 Å². The SMILES string of the molecule is [CH]C(C)CCC/C(C)=C/CO. The maximum Gasteiger partial charge on any atom is 0.0614 e. The van der Waals surface area contributed by atoms with Crippen molar-refractivity contribution in [2.24, 2.45) is 5.92 Å². The predicted octanol–water partition coefficient (Wildman–Crippen LogP) is 2.44. The van der Waals surface area contributed by atoms with Crippen molar-refractivity contribution in [1.82, 2.24) is 0 Å². The van der Waals surface area contributed by atoms with Gasteiger partial charge in [0, 0.05) is 0 Å². The van der Waals surface area contributed by atoms with Crippen LogP contribution in [-0.4, -0.2) is 11.7 Å². The summed E-state index contributed by atoms with van der Waals surface area (Å²) < 4.78 is 0. The molecule has 1 heteroatoms. The number of aliphatic hydroxyl groups excluding tert-OH is 1. The zero-order chi connectivity index (χ0) is 8.69. The molecule has 0 aromatic rings. The van der Waals surface area contributed by atoms with Crippen LogP contribution in [0.1, 0.15) is 33.1 Å². The Balaban J connectivity index is 3.31. The number of allylic oxidation sites excluding steroid dienone is 1. The predicted molar refractivity (Wildman–Crippen MR) is 48.2 cm³/mol. The van der Waals surface area contributed by atoms with Crippen LogP contribution >= 0.6 is 0 Å². The Bertz CT molecular complexity index is 114. The highest BCUT2D eigenvalue weighted by molar-refractivity contribution is 4.97. The number of hydrogen-bond donors (Lipinski definition) is 1. The third-order valence-electron chi connectivity index (χ3n) is 1.67. The van der Waals surface area contributed by atoms with Gasteiger partial charge in [-0.05, 0) is 32.6 Å². The molecule has 0 spiro atoms. The van der Waals surface area contributed by atoms with E-state index >= 15 is 0 Å². The van der Waals surface area contributed by atoms with Gasteiger partial charge in [-0.1, -0.05) is 25.0 Å². The van der Waals surface area contributed by atoms with Gasteiger partial charge in [0.25, 0.3) is 0 Å². The first-order chi connectivity index (χ1) is 5.16. The second-order valence-electron chi connectivity index (χ2n) is 3.10. The van der Waals surface area contributed by atoms with E-state index in [1.54, 1.807) is 0 Å². The van der Waals surface area contributed by atoms with E-state index in [0.29, 0.717) is 5.92 Å². The van der Waals surface area contributed by atoms with Gasteiger partial charge in [-0.3, -0.25) is 0 Å². The van der Waals surface area contributed by atoms with E-state index in [1.165, 1.54) is 5.57 Å². The van der Waals surface area contributed by atoms with Crippen molar-refractivity contribution in [3.63, 3.8) is 0 Å². The molecule has 2 radical (unpaired) electrons. The molecule has 0 fully saturated rings. The highest BCUT2D eigenvalue weighted by Gasteiger charge is 1.94. The summed E-state index contributed by atoms with van der Waals surface area (Å²) in [6.07, 6.45) is 5.10. The average molecular weight is 154 g/mol. The second-order valence-corrected chi connectivity index (χ2v) is 3.10. The maximum atomic E-state index is 8.54.